The summed E-state index contributed by atoms with van der Waals surface area (Å²) < 4.78 is 10.4. The molecule has 0 aliphatic carbocycles. The number of esters is 1. The molecule has 134 valence electrons. The van der Waals surface area contributed by atoms with Gasteiger partial charge in [0, 0.05) is 24.4 Å². The Labute approximate surface area is 149 Å². The number of aryl methyl sites for hydroxylation is 1. The van der Waals surface area contributed by atoms with Crippen molar-refractivity contribution < 1.29 is 23.9 Å². The van der Waals surface area contributed by atoms with Crippen LogP contribution in [-0.2, 0) is 25.5 Å². The van der Waals surface area contributed by atoms with Gasteiger partial charge in [-0.15, -0.1) is 0 Å². The quantitative estimate of drug-likeness (QED) is 0.644. The van der Waals surface area contributed by atoms with E-state index in [0.29, 0.717) is 24.3 Å². The molecule has 1 aliphatic rings. The Balaban J connectivity index is 1.78. The molecular formula is C18H17N3O5. The predicted molar refractivity (Wildman–Crippen MR) is 93.0 cm³/mol. The lowest BCUT2D eigenvalue weighted by Crippen LogP contribution is -2.25. The number of pyridine rings is 1. The second kappa shape index (κ2) is 7.64. The van der Waals surface area contributed by atoms with E-state index in [1.807, 2.05) is 6.07 Å². The number of hydrogen-bond acceptors (Lipinski definition) is 6. The molecule has 8 nitrogen and oxygen atoms in total. The van der Waals surface area contributed by atoms with Gasteiger partial charge in [0.25, 0.3) is 0 Å². The summed E-state index contributed by atoms with van der Waals surface area (Å²) in [4.78, 5) is 38.9. The zero-order valence-electron chi connectivity index (χ0n) is 14.1. The van der Waals surface area contributed by atoms with Gasteiger partial charge in [-0.25, -0.2) is 9.78 Å². The molecule has 0 saturated heterocycles. The van der Waals surface area contributed by atoms with E-state index < -0.39 is 11.9 Å². The Kier molecular flexibility index (Phi) is 5.12. The minimum absolute atomic E-state index is 0.0464. The minimum Gasteiger partial charge on any atom is -0.459 e. The highest BCUT2D eigenvalue weighted by Crippen LogP contribution is 2.31. The summed E-state index contributed by atoms with van der Waals surface area (Å²) in [6.45, 7) is 1.71. The van der Waals surface area contributed by atoms with Crippen LogP contribution in [-0.4, -0.2) is 29.4 Å². The van der Waals surface area contributed by atoms with Gasteiger partial charge in [-0.3, -0.25) is 9.59 Å². The van der Waals surface area contributed by atoms with E-state index in [9.17, 15) is 14.4 Å². The molecule has 1 aromatic heterocycles. The van der Waals surface area contributed by atoms with Gasteiger partial charge >= 0.3 is 11.9 Å². The number of carbonyl (C=O) groups is 3. The first-order valence-electron chi connectivity index (χ1n) is 8.10. The molecular weight excluding hydrogens is 338 g/mol. The van der Waals surface area contributed by atoms with Crippen LogP contribution >= 0.6 is 0 Å². The first-order valence-corrected chi connectivity index (χ1v) is 8.10. The molecule has 3 rings (SSSR count). The average molecular weight is 355 g/mol. The summed E-state index contributed by atoms with van der Waals surface area (Å²) in [5.41, 5.74) is 1.94. The first kappa shape index (κ1) is 17.4. The molecule has 0 radical (unpaired) electrons. The van der Waals surface area contributed by atoms with Gasteiger partial charge < -0.3 is 20.1 Å². The molecule has 1 aliphatic heterocycles. The van der Waals surface area contributed by atoms with Crippen molar-refractivity contribution in [2.24, 2.45) is 0 Å². The molecule has 0 fully saturated rings. The van der Waals surface area contributed by atoms with Crippen molar-refractivity contribution in [1.82, 2.24) is 4.98 Å². The number of hydrogen-bond donors (Lipinski definition) is 2. The monoisotopic (exact) mass is 355 g/mol. The molecule has 2 heterocycles. The van der Waals surface area contributed by atoms with Gasteiger partial charge in [0.2, 0.25) is 11.8 Å². The molecule has 0 saturated carbocycles. The fourth-order valence-electron chi connectivity index (χ4n) is 2.46. The molecule has 2 amide bonds. The standard InChI is InChI=1S/C18H17N3O5/c1-2-25-18(24)16(23)21-13-4-3-9-19-17(13)26-12-7-5-11-6-8-15(22)20-14(11)10-12/h3-5,7,9-10H,2,6,8H2,1H3,(H,20,22)(H,21,23). The highest BCUT2D eigenvalue weighted by atomic mass is 16.5. The van der Waals surface area contributed by atoms with Gasteiger partial charge in [0.15, 0.2) is 0 Å². The van der Waals surface area contributed by atoms with E-state index in [1.54, 1.807) is 31.2 Å². The van der Waals surface area contributed by atoms with Crippen LogP contribution in [0, 0.1) is 0 Å². The third kappa shape index (κ3) is 3.97. The first-order chi connectivity index (χ1) is 12.6. The molecule has 0 unspecified atom stereocenters. The smallest absolute Gasteiger partial charge is 0.397 e. The van der Waals surface area contributed by atoms with Crippen molar-refractivity contribution in [1.29, 1.82) is 0 Å². The Morgan fingerprint density at radius 2 is 2.12 bits per heavy atom. The van der Waals surface area contributed by atoms with Crippen molar-refractivity contribution in [3.05, 3.63) is 42.1 Å². The van der Waals surface area contributed by atoms with Crippen LogP contribution in [0.1, 0.15) is 18.9 Å². The molecule has 2 N–H and O–H groups in total. The Bertz CT molecular complexity index is 866. The minimum atomic E-state index is -0.987. The van der Waals surface area contributed by atoms with Crippen LogP contribution < -0.4 is 15.4 Å². The summed E-state index contributed by atoms with van der Waals surface area (Å²) in [5, 5.41) is 5.21. The number of rotatable bonds is 4. The van der Waals surface area contributed by atoms with Crippen molar-refractivity contribution in [3.63, 3.8) is 0 Å². The number of ether oxygens (including phenoxy) is 2. The third-order valence-corrected chi connectivity index (χ3v) is 3.67. The van der Waals surface area contributed by atoms with Crippen molar-refractivity contribution in [2.75, 3.05) is 17.2 Å². The lowest BCUT2D eigenvalue weighted by Gasteiger charge is -2.18. The number of benzene rings is 1. The Morgan fingerprint density at radius 1 is 1.27 bits per heavy atom. The van der Waals surface area contributed by atoms with Crippen molar-refractivity contribution in [3.8, 4) is 11.6 Å². The molecule has 1 aromatic carbocycles. The van der Waals surface area contributed by atoms with E-state index in [4.69, 9.17) is 4.74 Å². The lowest BCUT2D eigenvalue weighted by atomic mass is 10.0. The van der Waals surface area contributed by atoms with Crippen LogP contribution in [0.2, 0.25) is 0 Å². The zero-order chi connectivity index (χ0) is 18.5. The largest absolute Gasteiger partial charge is 0.459 e. The molecule has 2 aromatic rings. The SMILES string of the molecule is CCOC(=O)C(=O)Nc1cccnc1Oc1ccc2c(c1)NC(=O)CC2. The summed E-state index contributed by atoms with van der Waals surface area (Å²) in [7, 11) is 0. The summed E-state index contributed by atoms with van der Waals surface area (Å²) in [6.07, 6.45) is 2.62. The van der Waals surface area contributed by atoms with Crippen molar-refractivity contribution >= 4 is 29.2 Å². The maximum atomic E-state index is 11.8. The van der Waals surface area contributed by atoms with E-state index in [0.717, 1.165) is 5.56 Å². The van der Waals surface area contributed by atoms with Crippen LogP contribution in [0.5, 0.6) is 11.6 Å². The van der Waals surface area contributed by atoms with Crippen molar-refractivity contribution in [2.45, 2.75) is 19.8 Å². The molecule has 0 atom stereocenters. The molecule has 0 spiro atoms. The molecule has 0 bridgehead atoms. The van der Waals surface area contributed by atoms with Gasteiger partial charge in [0.1, 0.15) is 11.4 Å². The van der Waals surface area contributed by atoms with Crippen LogP contribution in [0.15, 0.2) is 36.5 Å². The van der Waals surface area contributed by atoms with Crippen LogP contribution in [0.4, 0.5) is 11.4 Å². The number of fused-ring (bicyclic) bond motifs is 1. The maximum absolute atomic E-state index is 11.8. The number of amides is 2. The van der Waals surface area contributed by atoms with Gasteiger partial charge in [0.05, 0.1) is 6.61 Å². The van der Waals surface area contributed by atoms with E-state index in [2.05, 4.69) is 20.4 Å². The summed E-state index contributed by atoms with van der Waals surface area (Å²) in [5.74, 6) is -1.39. The summed E-state index contributed by atoms with van der Waals surface area (Å²) in [6, 6.07) is 8.46. The van der Waals surface area contributed by atoms with Crippen LogP contribution in [0.3, 0.4) is 0 Å². The molecule has 8 heteroatoms. The van der Waals surface area contributed by atoms with E-state index >= 15 is 0 Å². The summed E-state index contributed by atoms with van der Waals surface area (Å²) >= 11 is 0. The van der Waals surface area contributed by atoms with Gasteiger partial charge in [-0.05, 0) is 37.1 Å². The van der Waals surface area contributed by atoms with E-state index in [-0.39, 0.29) is 24.1 Å². The fourth-order valence-corrected chi connectivity index (χ4v) is 2.46. The maximum Gasteiger partial charge on any atom is 0.397 e. The fraction of sp³-hybridized carbons (Fsp3) is 0.222. The molecule has 26 heavy (non-hydrogen) atoms. The van der Waals surface area contributed by atoms with Crippen LogP contribution in [0.25, 0.3) is 0 Å². The predicted octanol–water partition coefficient (Wildman–Crippen LogP) is 2.26. The number of nitrogens with zero attached hydrogens (tertiary/aromatic N) is 1. The van der Waals surface area contributed by atoms with Gasteiger partial charge in [-0.1, -0.05) is 6.07 Å². The number of aromatic nitrogens is 1. The van der Waals surface area contributed by atoms with E-state index in [1.165, 1.54) is 6.20 Å². The topological polar surface area (TPSA) is 107 Å². The third-order valence-electron chi connectivity index (χ3n) is 3.67. The number of nitrogens with one attached hydrogen (secondary N) is 2. The van der Waals surface area contributed by atoms with Gasteiger partial charge in [-0.2, -0.15) is 0 Å². The Hall–Kier alpha value is -3.42. The second-order valence-corrected chi connectivity index (χ2v) is 5.50. The second-order valence-electron chi connectivity index (χ2n) is 5.50. The highest BCUT2D eigenvalue weighted by Gasteiger charge is 2.19. The number of carbonyl (C=O) groups excluding carboxylic acids is 3. The highest BCUT2D eigenvalue weighted by molar-refractivity contribution is 6.37. The Morgan fingerprint density at radius 3 is 2.92 bits per heavy atom. The normalized spacial score (nSPS) is 12.6. The number of anilines is 2. The lowest BCUT2D eigenvalue weighted by molar-refractivity contribution is -0.152. The zero-order valence-corrected chi connectivity index (χ0v) is 14.1. The average Bonchev–Trinajstić information content (AvgIpc) is 2.63.